The first-order chi connectivity index (χ1) is 12.7. The number of esters is 1. The Hall–Kier alpha value is -2.19. The maximum absolute atomic E-state index is 13.2. The first-order valence-electron chi connectivity index (χ1n) is 8.25. The van der Waals surface area contributed by atoms with Crippen molar-refractivity contribution in [1.82, 2.24) is 0 Å². The number of amides is 1. The highest BCUT2D eigenvalue weighted by Crippen LogP contribution is 2.35. The highest BCUT2D eigenvalue weighted by atomic mass is 79.9. The summed E-state index contributed by atoms with van der Waals surface area (Å²) in [5.74, 6) is -1.94. The van der Waals surface area contributed by atoms with Gasteiger partial charge in [0, 0.05) is 10.9 Å². The van der Waals surface area contributed by atoms with E-state index in [-0.39, 0.29) is 23.4 Å². The molecule has 0 spiro atoms. The molecule has 1 heterocycles. The molecule has 0 N–H and O–H groups in total. The van der Waals surface area contributed by atoms with Gasteiger partial charge in [-0.1, -0.05) is 33.6 Å². The summed E-state index contributed by atoms with van der Waals surface area (Å²) in [5.41, 5.74) is 1.75. The molecule has 1 atom stereocenters. The average Bonchev–Trinajstić information content (AvgIpc) is 2.77. The highest BCUT2D eigenvalue weighted by Gasteiger charge is 2.38. The SMILES string of the molecule is COC(=O)C1CC(=O)N(S(=O)(=O)c2ccc(C)cc2)c2ccc(Br)cc2C1. The maximum atomic E-state index is 13.2. The van der Waals surface area contributed by atoms with E-state index in [2.05, 4.69) is 15.9 Å². The minimum atomic E-state index is -4.12. The van der Waals surface area contributed by atoms with Gasteiger partial charge in [0.05, 0.1) is 23.6 Å². The molecule has 0 saturated heterocycles. The molecule has 1 unspecified atom stereocenters. The molecule has 1 aliphatic rings. The largest absolute Gasteiger partial charge is 0.469 e. The summed E-state index contributed by atoms with van der Waals surface area (Å²) in [4.78, 5) is 25.0. The number of halogens is 1. The van der Waals surface area contributed by atoms with E-state index in [1.807, 2.05) is 6.92 Å². The van der Waals surface area contributed by atoms with Gasteiger partial charge < -0.3 is 4.74 Å². The molecule has 0 bridgehead atoms. The van der Waals surface area contributed by atoms with E-state index in [4.69, 9.17) is 4.74 Å². The quantitative estimate of drug-likeness (QED) is 0.669. The molecule has 8 heteroatoms. The number of nitrogens with zero attached hydrogens (tertiary/aromatic N) is 1. The minimum absolute atomic E-state index is 0.0202. The summed E-state index contributed by atoms with van der Waals surface area (Å²) in [6, 6.07) is 11.3. The van der Waals surface area contributed by atoms with Crippen molar-refractivity contribution in [3.05, 3.63) is 58.1 Å². The van der Waals surface area contributed by atoms with Crippen LogP contribution in [0.3, 0.4) is 0 Å². The van der Waals surface area contributed by atoms with Gasteiger partial charge in [-0.15, -0.1) is 0 Å². The maximum Gasteiger partial charge on any atom is 0.309 e. The molecular weight excluding hydrogens is 434 g/mol. The lowest BCUT2D eigenvalue weighted by molar-refractivity contribution is -0.146. The van der Waals surface area contributed by atoms with Gasteiger partial charge in [-0.2, -0.15) is 0 Å². The fraction of sp³-hybridized carbons (Fsp3) is 0.263. The number of ether oxygens (including phenoxy) is 1. The van der Waals surface area contributed by atoms with E-state index in [1.165, 1.54) is 19.2 Å². The molecule has 0 radical (unpaired) electrons. The number of rotatable bonds is 3. The Labute approximate surface area is 166 Å². The molecule has 2 aromatic rings. The smallest absolute Gasteiger partial charge is 0.309 e. The molecule has 6 nitrogen and oxygen atoms in total. The van der Waals surface area contributed by atoms with Crippen molar-refractivity contribution >= 4 is 43.5 Å². The van der Waals surface area contributed by atoms with Gasteiger partial charge in [-0.25, -0.2) is 12.7 Å². The Bertz CT molecular complexity index is 1000. The van der Waals surface area contributed by atoms with Gasteiger partial charge in [-0.3, -0.25) is 9.59 Å². The minimum Gasteiger partial charge on any atom is -0.469 e. The van der Waals surface area contributed by atoms with Crippen LogP contribution in [0.1, 0.15) is 17.5 Å². The van der Waals surface area contributed by atoms with Crippen LogP contribution in [0.5, 0.6) is 0 Å². The predicted molar refractivity (Wildman–Crippen MR) is 104 cm³/mol. The third-order valence-corrected chi connectivity index (χ3v) is 6.71. The zero-order valence-corrected chi connectivity index (χ0v) is 17.2. The van der Waals surface area contributed by atoms with Crippen molar-refractivity contribution in [2.45, 2.75) is 24.7 Å². The summed E-state index contributed by atoms with van der Waals surface area (Å²) < 4.78 is 32.8. The number of aryl methyl sites for hydroxylation is 1. The molecule has 0 fully saturated rings. The molecule has 1 amide bonds. The normalized spacial score (nSPS) is 17.2. The van der Waals surface area contributed by atoms with Crippen molar-refractivity contribution in [1.29, 1.82) is 0 Å². The average molecular weight is 452 g/mol. The molecule has 142 valence electrons. The number of anilines is 1. The lowest BCUT2D eigenvalue weighted by Crippen LogP contribution is -2.37. The van der Waals surface area contributed by atoms with Crippen molar-refractivity contribution < 1.29 is 22.7 Å². The van der Waals surface area contributed by atoms with E-state index in [0.717, 1.165) is 14.3 Å². The number of carbonyl (C=O) groups is 2. The van der Waals surface area contributed by atoms with Gasteiger partial charge in [-0.05, 0) is 49.2 Å². The zero-order valence-electron chi connectivity index (χ0n) is 14.8. The molecule has 27 heavy (non-hydrogen) atoms. The Morgan fingerprint density at radius 1 is 1.15 bits per heavy atom. The lowest BCUT2D eigenvalue weighted by Gasteiger charge is -2.23. The number of methoxy groups -OCH3 is 1. The highest BCUT2D eigenvalue weighted by molar-refractivity contribution is 9.10. The molecule has 3 rings (SSSR count). The third-order valence-electron chi connectivity index (χ3n) is 4.47. The van der Waals surface area contributed by atoms with Crippen LogP contribution in [0.4, 0.5) is 5.69 Å². The van der Waals surface area contributed by atoms with Crippen LogP contribution in [-0.2, 0) is 30.8 Å². The summed E-state index contributed by atoms with van der Waals surface area (Å²) in [7, 11) is -2.87. The Morgan fingerprint density at radius 2 is 1.81 bits per heavy atom. The Morgan fingerprint density at radius 3 is 2.44 bits per heavy atom. The summed E-state index contributed by atoms with van der Waals surface area (Å²) in [6.45, 7) is 1.85. The van der Waals surface area contributed by atoms with Crippen molar-refractivity contribution in [2.24, 2.45) is 5.92 Å². The lowest BCUT2D eigenvalue weighted by atomic mass is 9.97. The van der Waals surface area contributed by atoms with Gasteiger partial charge in [0.25, 0.3) is 10.0 Å². The second-order valence-electron chi connectivity index (χ2n) is 6.38. The Kier molecular flexibility index (Phi) is 5.39. The van der Waals surface area contributed by atoms with Crippen LogP contribution in [0.2, 0.25) is 0 Å². The Balaban J connectivity index is 2.16. The van der Waals surface area contributed by atoms with E-state index in [9.17, 15) is 18.0 Å². The zero-order chi connectivity index (χ0) is 19.8. The van der Waals surface area contributed by atoms with E-state index in [0.29, 0.717) is 5.56 Å². The van der Waals surface area contributed by atoms with E-state index >= 15 is 0 Å². The first-order valence-corrected chi connectivity index (χ1v) is 10.5. The standard InChI is InChI=1S/C19H18BrNO5S/c1-12-3-6-16(7-4-12)27(24,25)21-17-8-5-15(20)10-13(17)9-14(11-18(21)22)19(23)26-2/h3-8,10,14H,9,11H2,1-2H3. The molecule has 0 saturated carbocycles. The number of sulfonamides is 1. The molecule has 1 aliphatic heterocycles. The van der Waals surface area contributed by atoms with Crippen LogP contribution in [0.25, 0.3) is 0 Å². The molecule has 0 aromatic heterocycles. The van der Waals surface area contributed by atoms with Crippen LogP contribution >= 0.6 is 15.9 Å². The molecular formula is C19H18BrNO5S. The number of fused-ring (bicyclic) bond motifs is 1. The fourth-order valence-electron chi connectivity index (χ4n) is 3.09. The topological polar surface area (TPSA) is 80.8 Å². The second kappa shape index (κ2) is 7.44. The predicted octanol–water partition coefficient (Wildman–Crippen LogP) is 3.21. The van der Waals surface area contributed by atoms with Crippen LogP contribution in [0, 0.1) is 12.8 Å². The second-order valence-corrected chi connectivity index (χ2v) is 9.08. The van der Waals surface area contributed by atoms with Gasteiger partial charge in [0.15, 0.2) is 0 Å². The van der Waals surface area contributed by atoms with Gasteiger partial charge in [0.2, 0.25) is 5.91 Å². The van der Waals surface area contributed by atoms with Crippen molar-refractivity contribution in [2.75, 3.05) is 11.4 Å². The fourth-order valence-corrected chi connectivity index (χ4v) is 4.97. The van der Waals surface area contributed by atoms with Crippen LogP contribution in [0.15, 0.2) is 51.8 Å². The number of hydrogen-bond donors (Lipinski definition) is 0. The number of benzene rings is 2. The third kappa shape index (κ3) is 3.77. The van der Waals surface area contributed by atoms with Gasteiger partial charge in [0.1, 0.15) is 0 Å². The van der Waals surface area contributed by atoms with Crippen LogP contribution in [-0.4, -0.2) is 27.4 Å². The molecule has 0 aliphatic carbocycles. The van der Waals surface area contributed by atoms with Crippen LogP contribution < -0.4 is 4.31 Å². The number of carbonyl (C=O) groups excluding carboxylic acids is 2. The van der Waals surface area contributed by atoms with Gasteiger partial charge >= 0.3 is 5.97 Å². The molecule has 2 aromatic carbocycles. The summed E-state index contributed by atoms with van der Waals surface area (Å²) >= 11 is 3.36. The number of hydrogen-bond acceptors (Lipinski definition) is 5. The monoisotopic (exact) mass is 451 g/mol. The van der Waals surface area contributed by atoms with E-state index in [1.54, 1.807) is 30.3 Å². The van der Waals surface area contributed by atoms with Crippen molar-refractivity contribution in [3.8, 4) is 0 Å². The summed E-state index contributed by atoms with van der Waals surface area (Å²) in [6.07, 6.45) is -0.0306. The summed E-state index contributed by atoms with van der Waals surface area (Å²) in [5, 5.41) is 0. The first kappa shape index (κ1) is 19.6. The van der Waals surface area contributed by atoms with Crippen molar-refractivity contribution in [3.63, 3.8) is 0 Å². The van der Waals surface area contributed by atoms with E-state index < -0.39 is 27.8 Å².